The minimum atomic E-state index is -4.45. The lowest BCUT2D eigenvalue weighted by Gasteiger charge is -2.08. The van der Waals surface area contributed by atoms with E-state index in [1.54, 1.807) is 19.9 Å². The highest BCUT2D eigenvalue weighted by Crippen LogP contribution is 2.30. The second-order valence-electron chi connectivity index (χ2n) is 4.40. The maximum absolute atomic E-state index is 12.6. The molecule has 0 spiro atoms. The molecule has 0 saturated carbocycles. The minimum absolute atomic E-state index is 0.0388. The summed E-state index contributed by atoms with van der Waals surface area (Å²) in [4.78, 5) is 15.1. The zero-order valence-corrected chi connectivity index (χ0v) is 10.4. The van der Waals surface area contributed by atoms with Crippen molar-refractivity contribution in [1.82, 2.24) is 4.98 Å². The van der Waals surface area contributed by atoms with Gasteiger partial charge >= 0.3 is 6.18 Å². The van der Waals surface area contributed by atoms with E-state index in [1.807, 2.05) is 0 Å². The van der Waals surface area contributed by atoms with Gasteiger partial charge in [0.15, 0.2) is 5.78 Å². The van der Waals surface area contributed by atoms with Crippen LogP contribution in [0.3, 0.4) is 0 Å². The number of halogens is 3. The van der Waals surface area contributed by atoms with Gasteiger partial charge in [-0.05, 0) is 32.0 Å². The van der Waals surface area contributed by atoms with E-state index in [0.29, 0.717) is 11.3 Å². The Balaban J connectivity index is 2.43. The highest BCUT2D eigenvalue weighted by Gasteiger charge is 2.31. The Hall–Kier alpha value is -2.04. The van der Waals surface area contributed by atoms with E-state index in [0.717, 1.165) is 17.8 Å². The van der Waals surface area contributed by atoms with Crippen LogP contribution in [0.1, 0.15) is 32.9 Å². The van der Waals surface area contributed by atoms with Crippen molar-refractivity contribution in [2.24, 2.45) is 0 Å². The number of H-pyrrole nitrogens is 1. The molecule has 2 aromatic rings. The summed E-state index contributed by atoms with van der Waals surface area (Å²) >= 11 is 0. The summed E-state index contributed by atoms with van der Waals surface area (Å²) in [6, 6.07) is 6.10. The highest BCUT2D eigenvalue weighted by molar-refractivity contribution is 6.09. The first kappa shape index (κ1) is 13.4. The lowest BCUT2D eigenvalue weighted by atomic mass is 10.0. The maximum Gasteiger partial charge on any atom is 0.416 e. The number of carbonyl (C=O) groups is 1. The number of carbonyl (C=O) groups excluding carboxylic acids is 1. The van der Waals surface area contributed by atoms with Crippen molar-refractivity contribution in [3.8, 4) is 0 Å². The van der Waals surface area contributed by atoms with Gasteiger partial charge in [0.2, 0.25) is 0 Å². The molecule has 5 heteroatoms. The quantitative estimate of drug-likeness (QED) is 0.823. The molecule has 0 radical (unpaired) electrons. The van der Waals surface area contributed by atoms with Gasteiger partial charge < -0.3 is 4.98 Å². The predicted octanol–water partition coefficient (Wildman–Crippen LogP) is 3.88. The summed E-state index contributed by atoms with van der Waals surface area (Å²) in [5, 5.41) is 0. The van der Waals surface area contributed by atoms with Crippen molar-refractivity contribution in [3.05, 3.63) is 58.4 Å². The van der Waals surface area contributed by atoms with Gasteiger partial charge in [0, 0.05) is 22.5 Å². The van der Waals surface area contributed by atoms with Crippen LogP contribution in [-0.2, 0) is 6.18 Å². The average Bonchev–Trinajstić information content (AvgIpc) is 2.66. The van der Waals surface area contributed by atoms with E-state index in [4.69, 9.17) is 0 Å². The Bertz CT molecular complexity index is 626. The van der Waals surface area contributed by atoms with Gasteiger partial charge in [-0.15, -0.1) is 0 Å². The number of aromatic nitrogens is 1. The second kappa shape index (κ2) is 4.57. The molecule has 2 nitrogen and oxygen atoms in total. The fraction of sp³-hybridized carbons (Fsp3) is 0.214. The highest BCUT2D eigenvalue weighted by atomic mass is 19.4. The Labute approximate surface area is 108 Å². The molecule has 0 aliphatic rings. The Morgan fingerprint density at radius 3 is 2.37 bits per heavy atom. The second-order valence-corrected chi connectivity index (χ2v) is 4.40. The molecular weight excluding hydrogens is 255 g/mol. The Kier molecular flexibility index (Phi) is 3.22. The number of ketones is 1. The molecular formula is C14H12F3NO. The van der Waals surface area contributed by atoms with Crippen LogP contribution in [0.4, 0.5) is 13.2 Å². The molecule has 1 N–H and O–H groups in total. The van der Waals surface area contributed by atoms with E-state index in [9.17, 15) is 18.0 Å². The molecule has 19 heavy (non-hydrogen) atoms. The number of hydrogen-bond donors (Lipinski definition) is 1. The normalized spacial score (nSPS) is 11.6. The van der Waals surface area contributed by atoms with Crippen LogP contribution in [0.2, 0.25) is 0 Å². The van der Waals surface area contributed by atoms with Crippen molar-refractivity contribution < 1.29 is 18.0 Å². The molecule has 2 rings (SSSR count). The van der Waals surface area contributed by atoms with Crippen molar-refractivity contribution >= 4 is 5.78 Å². The maximum atomic E-state index is 12.6. The molecule has 1 heterocycles. The van der Waals surface area contributed by atoms with E-state index in [1.165, 1.54) is 12.1 Å². The minimum Gasteiger partial charge on any atom is -0.362 e. The number of nitrogens with one attached hydrogen (secondary N) is 1. The standard InChI is InChI=1S/C14H12F3NO/c1-8-6-12(9(2)18-8)13(19)10-4-3-5-11(7-10)14(15,16)17/h3-7,18H,1-2H3. The zero-order valence-electron chi connectivity index (χ0n) is 10.4. The first-order chi connectivity index (χ1) is 8.79. The fourth-order valence-electron chi connectivity index (χ4n) is 1.95. The fourth-order valence-corrected chi connectivity index (χ4v) is 1.95. The van der Waals surface area contributed by atoms with Crippen LogP contribution in [0.5, 0.6) is 0 Å². The van der Waals surface area contributed by atoms with E-state index in [-0.39, 0.29) is 5.56 Å². The Morgan fingerprint density at radius 1 is 1.16 bits per heavy atom. The summed E-state index contributed by atoms with van der Waals surface area (Å²) in [6.45, 7) is 3.50. The molecule has 0 amide bonds. The molecule has 1 aromatic heterocycles. The molecule has 0 unspecified atom stereocenters. The third kappa shape index (κ3) is 2.70. The van der Waals surface area contributed by atoms with Gasteiger partial charge in [0.05, 0.1) is 5.56 Å². The third-order valence-corrected chi connectivity index (χ3v) is 2.85. The number of benzene rings is 1. The van der Waals surface area contributed by atoms with Crippen LogP contribution < -0.4 is 0 Å². The first-order valence-corrected chi connectivity index (χ1v) is 5.67. The van der Waals surface area contributed by atoms with Crippen LogP contribution in [0, 0.1) is 13.8 Å². The van der Waals surface area contributed by atoms with Gasteiger partial charge in [-0.25, -0.2) is 0 Å². The topological polar surface area (TPSA) is 32.9 Å². The van der Waals surface area contributed by atoms with Gasteiger partial charge in [-0.3, -0.25) is 4.79 Å². The van der Waals surface area contributed by atoms with Crippen LogP contribution in [0.15, 0.2) is 30.3 Å². The summed E-state index contributed by atoms with van der Waals surface area (Å²) < 4.78 is 37.8. The van der Waals surface area contributed by atoms with Gasteiger partial charge in [0.1, 0.15) is 0 Å². The first-order valence-electron chi connectivity index (χ1n) is 5.67. The molecule has 100 valence electrons. The smallest absolute Gasteiger partial charge is 0.362 e. The van der Waals surface area contributed by atoms with Crippen molar-refractivity contribution in [2.45, 2.75) is 20.0 Å². The van der Waals surface area contributed by atoms with Gasteiger partial charge in [-0.1, -0.05) is 12.1 Å². The van der Waals surface area contributed by atoms with E-state index >= 15 is 0 Å². The van der Waals surface area contributed by atoms with Crippen LogP contribution >= 0.6 is 0 Å². The summed E-state index contributed by atoms with van der Waals surface area (Å²) in [7, 11) is 0. The molecule has 1 aromatic carbocycles. The van der Waals surface area contributed by atoms with E-state index < -0.39 is 17.5 Å². The number of aryl methyl sites for hydroxylation is 2. The molecule has 0 fully saturated rings. The predicted molar refractivity (Wildman–Crippen MR) is 65.1 cm³/mol. The number of aromatic amines is 1. The monoisotopic (exact) mass is 267 g/mol. The lowest BCUT2D eigenvalue weighted by Crippen LogP contribution is -2.08. The largest absolute Gasteiger partial charge is 0.416 e. The summed E-state index contributed by atoms with van der Waals surface area (Å²) in [5.41, 5.74) is 1.07. The molecule has 0 aliphatic heterocycles. The van der Waals surface area contributed by atoms with Crippen molar-refractivity contribution in [2.75, 3.05) is 0 Å². The van der Waals surface area contributed by atoms with Gasteiger partial charge in [0.25, 0.3) is 0 Å². The molecule has 0 saturated heterocycles. The summed E-state index contributed by atoms with van der Waals surface area (Å²) in [6.07, 6.45) is -4.45. The third-order valence-electron chi connectivity index (χ3n) is 2.85. The zero-order chi connectivity index (χ0) is 14.2. The SMILES string of the molecule is Cc1cc(C(=O)c2cccc(C(F)(F)F)c2)c(C)[nH]1. The van der Waals surface area contributed by atoms with Crippen molar-refractivity contribution in [3.63, 3.8) is 0 Å². The Morgan fingerprint density at radius 2 is 1.84 bits per heavy atom. The van der Waals surface area contributed by atoms with Crippen LogP contribution in [0.25, 0.3) is 0 Å². The van der Waals surface area contributed by atoms with Crippen LogP contribution in [-0.4, -0.2) is 10.8 Å². The average molecular weight is 267 g/mol. The molecule has 0 atom stereocenters. The van der Waals surface area contributed by atoms with Crippen molar-refractivity contribution in [1.29, 1.82) is 0 Å². The summed E-state index contributed by atoms with van der Waals surface area (Å²) in [5.74, 6) is -0.409. The molecule has 0 bridgehead atoms. The lowest BCUT2D eigenvalue weighted by molar-refractivity contribution is -0.137. The number of rotatable bonds is 2. The van der Waals surface area contributed by atoms with Gasteiger partial charge in [-0.2, -0.15) is 13.2 Å². The number of alkyl halides is 3. The number of hydrogen-bond acceptors (Lipinski definition) is 1. The molecule has 0 aliphatic carbocycles. The van der Waals surface area contributed by atoms with E-state index in [2.05, 4.69) is 4.98 Å².